The highest BCUT2D eigenvalue weighted by Crippen LogP contribution is 2.40. The molecule has 0 spiro atoms. The van der Waals surface area contributed by atoms with Crippen molar-refractivity contribution in [2.75, 3.05) is 5.32 Å². The number of alkyl halides is 6. The number of hydrogen-bond donors (Lipinski definition) is 1. The first kappa shape index (κ1) is 18.9. The zero-order valence-electron chi connectivity index (χ0n) is 12.0. The molecule has 0 heterocycles. The summed E-state index contributed by atoms with van der Waals surface area (Å²) in [6.45, 7) is 0. The Kier molecular flexibility index (Phi) is 5.17. The molecule has 0 saturated heterocycles. The maximum atomic E-state index is 13.1. The van der Waals surface area contributed by atoms with Crippen LogP contribution in [0.25, 0.3) is 0 Å². The monoisotopic (exact) mass is 383 g/mol. The Morgan fingerprint density at radius 3 is 2.08 bits per heavy atom. The molecular formula is C15H8ClF6NO2. The van der Waals surface area contributed by atoms with Gasteiger partial charge in [0.15, 0.2) is 0 Å². The molecule has 0 saturated carbocycles. The fourth-order valence-corrected chi connectivity index (χ4v) is 1.88. The van der Waals surface area contributed by atoms with E-state index >= 15 is 0 Å². The van der Waals surface area contributed by atoms with Gasteiger partial charge in [-0.1, -0.05) is 11.6 Å². The zero-order chi connectivity index (χ0) is 18.8. The van der Waals surface area contributed by atoms with E-state index in [4.69, 9.17) is 16.3 Å². The molecule has 0 atom stereocenters. The smallest absolute Gasteiger partial charge is 0.457 e. The molecule has 2 rings (SSSR count). The fraction of sp³-hybridized carbons (Fsp3) is 0.133. The highest BCUT2D eigenvalue weighted by molar-refractivity contribution is 6.30. The minimum atomic E-state index is -5.23. The molecule has 0 aromatic heterocycles. The highest BCUT2D eigenvalue weighted by Gasteiger charge is 2.39. The van der Waals surface area contributed by atoms with E-state index in [0.29, 0.717) is 11.1 Å². The number of carbonyl (C=O) groups is 1. The molecular weight excluding hydrogens is 376 g/mol. The summed E-state index contributed by atoms with van der Waals surface area (Å²) >= 11 is 5.66. The molecule has 2 aromatic rings. The molecule has 1 N–H and O–H groups in total. The molecule has 0 bridgehead atoms. The molecule has 2 aromatic carbocycles. The van der Waals surface area contributed by atoms with Gasteiger partial charge in [0.2, 0.25) is 0 Å². The quantitative estimate of drug-likeness (QED) is 0.695. The second kappa shape index (κ2) is 6.83. The van der Waals surface area contributed by atoms with Gasteiger partial charge < -0.3 is 10.1 Å². The molecule has 0 radical (unpaired) electrons. The van der Waals surface area contributed by atoms with E-state index in [1.54, 1.807) is 0 Å². The molecule has 3 nitrogen and oxygen atoms in total. The lowest BCUT2D eigenvalue weighted by Crippen LogP contribution is -2.30. The molecule has 1 amide bonds. The standard InChI is InChI=1S/C15H8ClF6NO2/c16-8-1-4-10(5-2-8)25-12-6-3-9(7-11(12)14(17,18)19)23-13(24)15(20,21)22/h1-7H,(H,23,24). The van der Waals surface area contributed by atoms with E-state index in [-0.39, 0.29) is 5.75 Å². The Bertz CT molecular complexity index is 771. The van der Waals surface area contributed by atoms with Crippen LogP contribution in [0.3, 0.4) is 0 Å². The Morgan fingerprint density at radius 1 is 0.960 bits per heavy atom. The maximum absolute atomic E-state index is 13.1. The van der Waals surface area contributed by atoms with Crippen molar-refractivity contribution in [3.8, 4) is 11.5 Å². The molecule has 0 aliphatic heterocycles. The van der Waals surface area contributed by atoms with Crippen LogP contribution in [0.4, 0.5) is 32.0 Å². The van der Waals surface area contributed by atoms with Gasteiger partial charge in [-0.2, -0.15) is 26.3 Å². The predicted molar refractivity (Wildman–Crippen MR) is 77.7 cm³/mol. The summed E-state index contributed by atoms with van der Waals surface area (Å²) in [6, 6.07) is 7.45. The number of amides is 1. The molecule has 25 heavy (non-hydrogen) atoms. The van der Waals surface area contributed by atoms with Crippen LogP contribution in [0.5, 0.6) is 11.5 Å². The van der Waals surface area contributed by atoms with Crippen molar-refractivity contribution < 1.29 is 35.9 Å². The maximum Gasteiger partial charge on any atom is 0.471 e. The number of benzene rings is 2. The van der Waals surface area contributed by atoms with E-state index < -0.39 is 35.3 Å². The van der Waals surface area contributed by atoms with Gasteiger partial charge >= 0.3 is 18.3 Å². The van der Waals surface area contributed by atoms with Crippen LogP contribution in [0.1, 0.15) is 5.56 Å². The van der Waals surface area contributed by atoms with E-state index in [9.17, 15) is 31.1 Å². The van der Waals surface area contributed by atoms with Gasteiger partial charge in [0.1, 0.15) is 17.1 Å². The number of hydrogen-bond acceptors (Lipinski definition) is 2. The first-order valence-electron chi connectivity index (χ1n) is 6.49. The molecule has 134 valence electrons. The summed E-state index contributed by atoms with van der Waals surface area (Å²) in [5, 5.41) is 1.70. The van der Waals surface area contributed by atoms with Crippen molar-refractivity contribution in [3.63, 3.8) is 0 Å². The largest absolute Gasteiger partial charge is 0.471 e. The van der Waals surface area contributed by atoms with Gasteiger partial charge in [0.05, 0.1) is 0 Å². The topological polar surface area (TPSA) is 38.3 Å². The summed E-state index contributed by atoms with van der Waals surface area (Å²) in [4.78, 5) is 10.8. The van der Waals surface area contributed by atoms with Crippen LogP contribution in [0.15, 0.2) is 42.5 Å². The van der Waals surface area contributed by atoms with Crippen LogP contribution >= 0.6 is 11.6 Å². The Labute approximate surface area is 142 Å². The third-order valence-corrected chi connectivity index (χ3v) is 3.09. The third-order valence-electron chi connectivity index (χ3n) is 2.84. The van der Waals surface area contributed by atoms with Crippen molar-refractivity contribution >= 4 is 23.2 Å². The Morgan fingerprint density at radius 2 is 1.56 bits per heavy atom. The van der Waals surface area contributed by atoms with Gasteiger partial charge in [-0.3, -0.25) is 4.79 Å². The molecule has 10 heteroatoms. The van der Waals surface area contributed by atoms with Crippen molar-refractivity contribution in [2.24, 2.45) is 0 Å². The lowest BCUT2D eigenvalue weighted by Gasteiger charge is -2.16. The average Bonchev–Trinajstić information content (AvgIpc) is 2.49. The van der Waals surface area contributed by atoms with Gasteiger partial charge in [-0.05, 0) is 42.5 Å². The van der Waals surface area contributed by atoms with Crippen LogP contribution < -0.4 is 10.1 Å². The number of ether oxygens (including phenoxy) is 1. The summed E-state index contributed by atoms with van der Waals surface area (Å²) in [7, 11) is 0. The Balaban J connectivity index is 2.34. The van der Waals surface area contributed by atoms with Crippen molar-refractivity contribution in [1.29, 1.82) is 0 Å². The lowest BCUT2D eigenvalue weighted by molar-refractivity contribution is -0.167. The second-order valence-electron chi connectivity index (χ2n) is 4.72. The van der Waals surface area contributed by atoms with Gasteiger partial charge in [0.25, 0.3) is 0 Å². The van der Waals surface area contributed by atoms with Crippen molar-refractivity contribution in [2.45, 2.75) is 12.4 Å². The summed E-state index contributed by atoms with van der Waals surface area (Å²) in [6.07, 6.45) is -10.1. The van der Waals surface area contributed by atoms with E-state index in [0.717, 1.165) is 12.1 Å². The number of halogens is 7. The number of nitrogens with one attached hydrogen (secondary N) is 1. The fourth-order valence-electron chi connectivity index (χ4n) is 1.75. The molecule has 0 fully saturated rings. The number of carbonyl (C=O) groups excluding carboxylic acids is 1. The van der Waals surface area contributed by atoms with Crippen molar-refractivity contribution in [3.05, 3.63) is 53.1 Å². The second-order valence-corrected chi connectivity index (χ2v) is 5.15. The van der Waals surface area contributed by atoms with Gasteiger partial charge in [-0.15, -0.1) is 0 Å². The summed E-state index contributed by atoms with van der Waals surface area (Å²) in [5.41, 5.74) is -2.01. The summed E-state index contributed by atoms with van der Waals surface area (Å²) in [5.74, 6) is -2.98. The van der Waals surface area contributed by atoms with E-state index in [1.165, 1.54) is 29.6 Å². The minimum absolute atomic E-state index is 0.0435. The van der Waals surface area contributed by atoms with E-state index in [1.807, 2.05) is 0 Å². The van der Waals surface area contributed by atoms with Gasteiger partial charge in [0, 0.05) is 10.7 Å². The molecule has 0 unspecified atom stereocenters. The first-order valence-corrected chi connectivity index (χ1v) is 6.87. The Hall–Kier alpha value is -2.42. The van der Waals surface area contributed by atoms with Crippen LogP contribution in [0, 0.1) is 0 Å². The van der Waals surface area contributed by atoms with E-state index in [2.05, 4.69) is 0 Å². The summed E-state index contributed by atoms with van der Waals surface area (Å²) < 4.78 is 81.1. The van der Waals surface area contributed by atoms with Crippen LogP contribution in [0.2, 0.25) is 5.02 Å². The van der Waals surface area contributed by atoms with Gasteiger partial charge in [-0.25, -0.2) is 0 Å². The molecule has 0 aliphatic carbocycles. The molecule has 0 aliphatic rings. The zero-order valence-corrected chi connectivity index (χ0v) is 12.8. The highest BCUT2D eigenvalue weighted by atomic mass is 35.5. The average molecular weight is 384 g/mol. The van der Waals surface area contributed by atoms with Crippen molar-refractivity contribution in [1.82, 2.24) is 0 Å². The van der Waals surface area contributed by atoms with Crippen LogP contribution in [-0.4, -0.2) is 12.1 Å². The SMILES string of the molecule is O=C(Nc1ccc(Oc2ccc(Cl)cc2)c(C(F)(F)F)c1)C(F)(F)F. The minimum Gasteiger partial charge on any atom is -0.457 e. The van der Waals surface area contributed by atoms with Crippen LogP contribution in [-0.2, 0) is 11.0 Å². The predicted octanol–water partition coefficient (Wildman–Crippen LogP) is 5.65. The first-order chi connectivity index (χ1) is 11.5. The number of rotatable bonds is 3. The third kappa shape index (κ3) is 5.02. The normalized spacial score (nSPS) is 12.0. The lowest BCUT2D eigenvalue weighted by atomic mass is 10.1. The number of anilines is 1.